The lowest BCUT2D eigenvalue weighted by Crippen LogP contribution is -2.59. The summed E-state index contributed by atoms with van der Waals surface area (Å²) in [6, 6.07) is -3.99. The fourth-order valence-electron chi connectivity index (χ4n) is 3.19. The SMILES string of the molecule is CSCCC(NC(=O)C(NC(=O)C1CCCN1C(=O)C(N)C(C)C)C(C)O)C(=O)O. The van der Waals surface area contributed by atoms with E-state index < -0.39 is 48.1 Å². The van der Waals surface area contributed by atoms with Gasteiger partial charge in [0.2, 0.25) is 17.7 Å². The fraction of sp³-hybridized carbons (Fsp3) is 0.789. The highest BCUT2D eigenvalue weighted by Crippen LogP contribution is 2.20. The van der Waals surface area contributed by atoms with Crippen LogP contribution in [0.1, 0.15) is 40.0 Å². The van der Waals surface area contributed by atoms with Crippen molar-refractivity contribution in [2.75, 3.05) is 18.6 Å². The molecule has 172 valence electrons. The number of hydrogen-bond acceptors (Lipinski definition) is 7. The molecule has 0 radical (unpaired) electrons. The zero-order valence-corrected chi connectivity index (χ0v) is 18.8. The van der Waals surface area contributed by atoms with Gasteiger partial charge in [-0.25, -0.2) is 4.79 Å². The molecule has 1 saturated heterocycles. The number of carbonyl (C=O) groups excluding carboxylic acids is 3. The number of likely N-dealkylation sites (tertiary alicyclic amines) is 1. The van der Waals surface area contributed by atoms with E-state index in [1.807, 2.05) is 20.1 Å². The molecule has 1 aliphatic rings. The van der Waals surface area contributed by atoms with Gasteiger partial charge in [-0.15, -0.1) is 0 Å². The highest BCUT2D eigenvalue weighted by Gasteiger charge is 2.39. The Morgan fingerprint density at radius 3 is 2.33 bits per heavy atom. The Kier molecular flexibility index (Phi) is 10.6. The number of carboxylic acids is 1. The second-order valence-electron chi connectivity index (χ2n) is 7.87. The van der Waals surface area contributed by atoms with Gasteiger partial charge in [-0.1, -0.05) is 13.8 Å². The van der Waals surface area contributed by atoms with Gasteiger partial charge >= 0.3 is 5.97 Å². The summed E-state index contributed by atoms with van der Waals surface area (Å²) in [5.74, 6) is -2.45. The molecule has 3 amide bonds. The number of aliphatic hydroxyl groups excluding tert-OH is 1. The van der Waals surface area contributed by atoms with E-state index in [4.69, 9.17) is 5.73 Å². The minimum absolute atomic E-state index is 0.0907. The maximum Gasteiger partial charge on any atom is 0.326 e. The Morgan fingerprint density at radius 1 is 1.20 bits per heavy atom. The summed E-state index contributed by atoms with van der Waals surface area (Å²) >= 11 is 1.44. The smallest absolute Gasteiger partial charge is 0.326 e. The normalized spacial score (nSPS) is 20.4. The van der Waals surface area contributed by atoms with Gasteiger partial charge in [-0.3, -0.25) is 14.4 Å². The van der Waals surface area contributed by atoms with Crippen LogP contribution in [0.3, 0.4) is 0 Å². The van der Waals surface area contributed by atoms with Crippen LogP contribution in [0.25, 0.3) is 0 Å². The molecule has 30 heavy (non-hydrogen) atoms. The Morgan fingerprint density at radius 2 is 1.83 bits per heavy atom. The van der Waals surface area contributed by atoms with Crippen molar-refractivity contribution in [3.63, 3.8) is 0 Å². The molecule has 0 aromatic rings. The van der Waals surface area contributed by atoms with Crippen molar-refractivity contribution in [3.05, 3.63) is 0 Å². The summed E-state index contributed by atoms with van der Waals surface area (Å²) in [7, 11) is 0. The van der Waals surface area contributed by atoms with Crippen LogP contribution < -0.4 is 16.4 Å². The van der Waals surface area contributed by atoms with Crippen molar-refractivity contribution >= 4 is 35.5 Å². The van der Waals surface area contributed by atoms with Crippen LogP contribution in [-0.4, -0.2) is 87.6 Å². The van der Waals surface area contributed by atoms with Gasteiger partial charge in [-0.2, -0.15) is 11.8 Å². The fourth-order valence-corrected chi connectivity index (χ4v) is 3.66. The van der Waals surface area contributed by atoms with E-state index in [1.165, 1.54) is 23.6 Å². The average molecular weight is 447 g/mol. The molecule has 11 heteroatoms. The lowest BCUT2D eigenvalue weighted by molar-refractivity contribution is -0.144. The zero-order valence-electron chi connectivity index (χ0n) is 18.0. The first-order valence-electron chi connectivity index (χ1n) is 10.1. The van der Waals surface area contributed by atoms with Crippen LogP contribution in [0.2, 0.25) is 0 Å². The lowest BCUT2D eigenvalue weighted by Gasteiger charge is -2.30. The summed E-state index contributed by atoms with van der Waals surface area (Å²) in [5.41, 5.74) is 5.94. The van der Waals surface area contributed by atoms with Gasteiger partial charge in [0.25, 0.3) is 0 Å². The Hall–Kier alpha value is -1.85. The number of aliphatic carboxylic acids is 1. The first-order chi connectivity index (χ1) is 14.0. The molecule has 0 bridgehead atoms. The van der Waals surface area contributed by atoms with E-state index in [9.17, 15) is 29.4 Å². The quantitative estimate of drug-likeness (QED) is 0.274. The number of amides is 3. The summed E-state index contributed by atoms with van der Waals surface area (Å²) in [6.45, 7) is 5.35. The van der Waals surface area contributed by atoms with Gasteiger partial charge < -0.3 is 31.5 Å². The molecule has 1 heterocycles. The number of carboxylic acid groups (broad SMARTS) is 1. The van der Waals surface area contributed by atoms with Crippen molar-refractivity contribution in [3.8, 4) is 0 Å². The Labute approximate surface area is 181 Å². The van der Waals surface area contributed by atoms with E-state index >= 15 is 0 Å². The van der Waals surface area contributed by atoms with E-state index in [1.54, 1.807) is 0 Å². The predicted molar refractivity (Wildman–Crippen MR) is 114 cm³/mol. The standard InChI is InChI=1S/C19H34N4O6S/c1-10(2)14(20)18(27)23-8-5-6-13(23)16(25)22-15(11(3)24)17(26)21-12(19(28)29)7-9-30-4/h10-15,24H,5-9,20H2,1-4H3,(H,21,26)(H,22,25)(H,28,29). The first kappa shape index (κ1) is 26.2. The van der Waals surface area contributed by atoms with Crippen molar-refractivity contribution in [1.82, 2.24) is 15.5 Å². The molecule has 0 aromatic carbocycles. The van der Waals surface area contributed by atoms with Crippen molar-refractivity contribution in [1.29, 1.82) is 0 Å². The molecule has 0 saturated carbocycles. The van der Waals surface area contributed by atoms with E-state index in [0.29, 0.717) is 25.1 Å². The maximum absolute atomic E-state index is 12.8. The molecule has 0 aliphatic carbocycles. The third kappa shape index (κ3) is 7.13. The van der Waals surface area contributed by atoms with Crippen LogP contribution in [0.15, 0.2) is 0 Å². The first-order valence-corrected chi connectivity index (χ1v) is 11.5. The van der Waals surface area contributed by atoms with E-state index in [-0.39, 0.29) is 18.2 Å². The Bertz CT molecular complexity index is 630. The second-order valence-corrected chi connectivity index (χ2v) is 8.85. The van der Waals surface area contributed by atoms with Crippen molar-refractivity contribution in [2.24, 2.45) is 11.7 Å². The molecule has 5 unspecified atom stereocenters. The molecule has 1 fully saturated rings. The summed E-state index contributed by atoms with van der Waals surface area (Å²) in [4.78, 5) is 50.8. The molecule has 5 atom stereocenters. The van der Waals surface area contributed by atoms with Crippen molar-refractivity contribution < 1.29 is 29.4 Å². The van der Waals surface area contributed by atoms with Gasteiger partial charge in [0.15, 0.2) is 0 Å². The maximum atomic E-state index is 12.8. The molecule has 1 rings (SSSR count). The van der Waals surface area contributed by atoms with Gasteiger partial charge in [0.05, 0.1) is 12.1 Å². The minimum Gasteiger partial charge on any atom is -0.480 e. The number of nitrogens with zero attached hydrogens (tertiary/aromatic N) is 1. The van der Waals surface area contributed by atoms with Crippen LogP contribution in [0, 0.1) is 5.92 Å². The predicted octanol–water partition coefficient (Wildman–Crippen LogP) is -0.851. The van der Waals surface area contributed by atoms with E-state index in [0.717, 1.165) is 0 Å². The molecule has 6 N–H and O–H groups in total. The van der Waals surface area contributed by atoms with Crippen LogP contribution in [0.4, 0.5) is 0 Å². The summed E-state index contributed by atoms with van der Waals surface area (Å²) in [6.07, 6.45) is 1.81. The molecule has 1 aliphatic heterocycles. The minimum atomic E-state index is -1.34. The second kappa shape index (κ2) is 12.1. The summed E-state index contributed by atoms with van der Waals surface area (Å²) < 4.78 is 0. The largest absolute Gasteiger partial charge is 0.480 e. The number of nitrogens with one attached hydrogen (secondary N) is 2. The molecular formula is C19H34N4O6S. The average Bonchev–Trinajstić information content (AvgIpc) is 3.16. The molecular weight excluding hydrogens is 412 g/mol. The lowest BCUT2D eigenvalue weighted by atomic mass is 10.0. The van der Waals surface area contributed by atoms with Gasteiger partial charge in [0.1, 0.15) is 18.1 Å². The number of hydrogen-bond donors (Lipinski definition) is 5. The zero-order chi connectivity index (χ0) is 23.0. The monoisotopic (exact) mass is 446 g/mol. The Balaban J connectivity index is 2.86. The highest BCUT2D eigenvalue weighted by molar-refractivity contribution is 7.98. The summed E-state index contributed by atoms with van der Waals surface area (Å²) in [5, 5.41) is 24.1. The van der Waals surface area contributed by atoms with Gasteiger partial charge in [0, 0.05) is 6.54 Å². The third-order valence-electron chi connectivity index (χ3n) is 5.13. The number of aliphatic hydroxyl groups is 1. The molecule has 10 nitrogen and oxygen atoms in total. The number of carbonyl (C=O) groups is 4. The number of rotatable bonds is 11. The van der Waals surface area contributed by atoms with Crippen molar-refractivity contribution in [2.45, 2.75) is 70.3 Å². The van der Waals surface area contributed by atoms with Gasteiger partial charge in [-0.05, 0) is 44.1 Å². The molecule has 0 spiro atoms. The van der Waals surface area contributed by atoms with Crippen LogP contribution in [-0.2, 0) is 19.2 Å². The van der Waals surface area contributed by atoms with Crippen LogP contribution >= 0.6 is 11.8 Å². The van der Waals surface area contributed by atoms with E-state index in [2.05, 4.69) is 10.6 Å². The number of nitrogens with two attached hydrogens (primary N) is 1. The van der Waals surface area contributed by atoms with Crippen LogP contribution in [0.5, 0.6) is 0 Å². The number of thioether (sulfide) groups is 1. The third-order valence-corrected chi connectivity index (χ3v) is 5.77. The highest BCUT2D eigenvalue weighted by atomic mass is 32.2. The topological polar surface area (TPSA) is 162 Å². The molecule has 0 aromatic heterocycles.